The average molecular weight is 331 g/mol. The van der Waals surface area contributed by atoms with E-state index in [9.17, 15) is 10.1 Å². The smallest absolute Gasteiger partial charge is 0.336 e. The lowest BCUT2D eigenvalue weighted by Crippen LogP contribution is -2.48. The van der Waals surface area contributed by atoms with E-state index < -0.39 is 11.4 Å². The Bertz CT molecular complexity index is 568. The minimum atomic E-state index is -1.40. The first-order chi connectivity index (χ1) is 11.6. The number of unbranched alkanes of at least 4 members (excludes halogenated alkanes) is 1. The number of nitrogens with zero attached hydrogens (tertiary/aromatic N) is 1. The van der Waals surface area contributed by atoms with E-state index in [0.29, 0.717) is 5.75 Å². The van der Waals surface area contributed by atoms with Crippen molar-refractivity contribution < 1.29 is 19.0 Å². The molecule has 5 nitrogen and oxygen atoms in total. The van der Waals surface area contributed by atoms with Crippen LogP contribution in [0.4, 0.5) is 0 Å². The van der Waals surface area contributed by atoms with Gasteiger partial charge in [-0.3, -0.25) is 0 Å². The van der Waals surface area contributed by atoms with E-state index in [2.05, 4.69) is 13.8 Å². The Morgan fingerprint density at radius 1 is 1.25 bits per heavy atom. The number of hydrogen-bond acceptors (Lipinski definition) is 5. The molecule has 0 atom stereocenters. The van der Waals surface area contributed by atoms with Crippen LogP contribution in [0.2, 0.25) is 0 Å². The molecule has 1 aromatic carbocycles. The van der Waals surface area contributed by atoms with E-state index in [1.54, 1.807) is 12.1 Å². The second-order valence-electron chi connectivity index (χ2n) is 6.17. The highest BCUT2D eigenvalue weighted by atomic mass is 16.7. The summed E-state index contributed by atoms with van der Waals surface area (Å²) in [5, 5.41) is 9.46. The van der Waals surface area contributed by atoms with Crippen LogP contribution in [0.1, 0.15) is 45.1 Å². The molecular weight excluding hydrogens is 306 g/mol. The minimum Gasteiger partial charge on any atom is -0.425 e. The van der Waals surface area contributed by atoms with Gasteiger partial charge in [-0.25, -0.2) is 4.79 Å². The van der Waals surface area contributed by atoms with E-state index in [0.717, 1.165) is 32.1 Å². The zero-order valence-corrected chi connectivity index (χ0v) is 14.4. The fourth-order valence-corrected chi connectivity index (χ4v) is 2.54. The largest absolute Gasteiger partial charge is 0.425 e. The predicted molar refractivity (Wildman–Crippen MR) is 89.3 cm³/mol. The molecule has 2 rings (SSSR count). The van der Waals surface area contributed by atoms with Gasteiger partial charge in [0.15, 0.2) is 6.29 Å². The summed E-state index contributed by atoms with van der Waals surface area (Å²) in [5.41, 5.74) is -0.208. The highest BCUT2D eigenvalue weighted by Crippen LogP contribution is 2.28. The SMILES string of the molecule is CCCC[C@H]1OC[C@@](C#N)(C(=O)Oc2ccc(CCC)cc2)CO1. The lowest BCUT2D eigenvalue weighted by Gasteiger charge is -2.33. The number of esters is 1. The van der Waals surface area contributed by atoms with Crippen LogP contribution in [0.15, 0.2) is 24.3 Å². The molecule has 1 aromatic rings. The molecule has 1 aliphatic heterocycles. The van der Waals surface area contributed by atoms with Gasteiger partial charge in [0, 0.05) is 0 Å². The van der Waals surface area contributed by atoms with Gasteiger partial charge in [0.1, 0.15) is 5.75 Å². The molecule has 0 spiro atoms. The van der Waals surface area contributed by atoms with Crippen LogP contribution in [0.5, 0.6) is 5.75 Å². The molecule has 0 unspecified atom stereocenters. The Kier molecular flexibility index (Phi) is 6.77. The standard InChI is InChI=1S/C19H25NO4/c1-3-5-7-17-22-13-19(12-20,14-23-17)18(21)24-16-10-8-15(6-4-2)9-11-16/h8-11,17H,3-7,13-14H2,1-2H3/t17-,19+. The first-order valence-corrected chi connectivity index (χ1v) is 8.59. The van der Waals surface area contributed by atoms with Crippen molar-refractivity contribution in [3.8, 4) is 11.8 Å². The van der Waals surface area contributed by atoms with E-state index in [-0.39, 0.29) is 19.5 Å². The molecule has 0 radical (unpaired) electrons. The van der Waals surface area contributed by atoms with Crippen molar-refractivity contribution in [1.29, 1.82) is 5.26 Å². The summed E-state index contributed by atoms with van der Waals surface area (Å²) in [6.45, 7) is 4.21. The summed E-state index contributed by atoms with van der Waals surface area (Å²) >= 11 is 0. The topological polar surface area (TPSA) is 68.5 Å². The minimum absolute atomic E-state index is 0.00460. The predicted octanol–water partition coefficient (Wildman–Crippen LogP) is 3.62. The average Bonchev–Trinajstić information content (AvgIpc) is 2.62. The Labute approximate surface area is 143 Å². The number of benzene rings is 1. The van der Waals surface area contributed by atoms with E-state index in [1.165, 1.54) is 5.56 Å². The van der Waals surface area contributed by atoms with Gasteiger partial charge in [-0.15, -0.1) is 0 Å². The van der Waals surface area contributed by atoms with Crippen molar-refractivity contribution in [1.82, 2.24) is 0 Å². The number of carbonyl (C=O) groups is 1. The van der Waals surface area contributed by atoms with Crippen molar-refractivity contribution in [2.45, 2.75) is 52.2 Å². The normalized spacial score (nSPS) is 23.5. The van der Waals surface area contributed by atoms with Gasteiger partial charge in [-0.1, -0.05) is 38.8 Å². The van der Waals surface area contributed by atoms with Gasteiger partial charge in [0.2, 0.25) is 5.41 Å². The maximum Gasteiger partial charge on any atom is 0.336 e. The summed E-state index contributed by atoms with van der Waals surface area (Å²) in [5.74, 6) is -0.190. The molecule has 1 saturated heterocycles. The molecule has 0 N–H and O–H groups in total. The lowest BCUT2D eigenvalue weighted by atomic mass is 9.91. The van der Waals surface area contributed by atoms with Gasteiger partial charge in [-0.05, 0) is 37.0 Å². The lowest BCUT2D eigenvalue weighted by molar-refractivity contribution is -0.223. The number of ether oxygens (including phenoxy) is 3. The van der Waals surface area contributed by atoms with Crippen LogP contribution in [0.3, 0.4) is 0 Å². The highest BCUT2D eigenvalue weighted by Gasteiger charge is 2.46. The zero-order chi connectivity index (χ0) is 17.4. The molecule has 0 aromatic heterocycles. The summed E-state index contributed by atoms with van der Waals surface area (Å²) in [4.78, 5) is 12.4. The molecule has 0 saturated carbocycles. The Hall–Kier alpha value is -1.90. The van der Waals surface area contributed by atoms with Crippen LogP contribution in [-0.2, 0) is 20.7 Å². The van der Waals surface area contributed by atoms with Crippen molar-refractivity contribution in [2.24, 2.45) is 5.41 Å². The van der Waals surface area contributed by atoms with Crippen LogP contribution in [-0.4, -0.2) is 25.5 Å². The maximum atomic E-state index is 12.4. The van der Waals surface area contributed by atoms with Crippen molar-refractivity contribution in [3.05, 3.63) is 29.8 Å². The Balaban J connectivity index is 1.95. The van der Waals surface area contributed by atoms with Crippen LogP contribution >= 0.6 is 0 Å². The van der Waals surface area contributed by atoms with Gasteiger partial charge in [0.25, 0.3) is 0 Å². The number of carbonyl (C=O) groups excluding carboxylic acids is 1. The quantitative estimate of drug-likeness (QED) is 0.564. The Morgan fingerprint density at radius 3 is 2.46 bits per heavy atom. The first-order valence-electron chi connectivity index (χ1n) is 8.59. The molecule has 1 aliphatic rings. The van der Waals surface area contributed by atoms with Gasteiger partial charge < -0.3 is 14.2 Å². The molecule has 0 bridgehead atoms. The second kappa shape index (κ2) is 8.81. The molecule has 24 heavy (non-hydrogen) atoms. The molecule has 5 heteroatoms. The first kappa shape index (κ1) is 18.4. The third-order valence-electron chi connectivity index (χ3n) is 4.10. The summed E-state index contributed by atoms with van der Waals surface area (Å²) in [6.07, 6.45) is 4.50. The molecular formula is C19H25NO4. The van der Waals surface area contributed by atoms with Gasteiger partial charge >= 0.3 is 5.97 Å². The van der Waals surface area contributed by atoms with Gasteiger partial charge in [0.05, 0.1) is 19.3 Å². The highest BCUT2D eigenvalue weighted by molar-refractivity contribution is 5.82. The molecule has 1 fully saturated rings. The third kappa shape index (κ3) is 4.56. The molecule has 130 valence electrons. The summed E-state index contributed by atoms with van der Waals surface area (Å²) in [7, 11) is 0. The summed E-state index contributed by atoms with van der Waals surface area (Å²) < 4.78 is 16.5. The fraction of sp³-hybridized carbons (Fsp3) is 0.579. The van der Waals surface area contributed by atoms with Crippen molar-refractivity contribution in [3.63, 3.8) is 0 Å². The second-order valence-corrected chi connectivity index (χ2v) is 6.17. The van der Waals surface area contributed by atoms with E-state index in [1.807, 2.05) is 18.2 Å². The number of aryl methyl sites for hydroxylation is 1. The van der Waals surface area contributed by atoms with Crippen LogP contribution in [0, 0.1) is 16.7 Å². The molecule has 1 heterocycles. The van der Waals surface area contributed by atoms with Crippen LogP contribution in [0.25, 0.3) is 0 Å². The van der Waals surface area contributed by atoms with Crippen LogP contribution < -0.4 is 4.74 Å². The number of rotatable bonds is 7. The van der Waals surface area contributed by atoms with Crippen molar-refractivity contribution in [2.75, 3.05) is 13.2 Å². The van der Waals surface area contributed by atoms with E-state index in [4.69, 9.17) is 14.2 Å². The van der Waals surface area contributed by atoms with Crippen molar-refractivity contribution >= 4 is 5.97 Å². The third-order valence-corrected chi connectivity index (χ3v) is 4.10. The molecule has 0 aliphatic carbocycles. The summed E-state index contributed by atoms with van der Waals surface area (Å²) in [6, 6.07) is 9.39. The van der Waals surface area contributed by atoms with Gasteiger partial charge in [-0.2, -0.15) is 5.26 Å². The molecule has 0 amide bonds. The monoisotopic (exact) mass is 331 g/mol. The van der Waals surface area contributed by atoms with E-state index >= 15 is 0 Å². The zero-order valence-electron chi connectivity index (χ0n) is 14.4. The Morgan fingerprint density at radius 2 is 1.92 bits per heavy atom. The maximum absolute atomic E-state index is 12.4. The fourth-order valence-electron chi connectivity index (χ4n) is 2.54. The number of nitriles is 1. The number of hydrogen-bond donors (Lipinski definition) is 0.